The lowest BCUT2D eigenvalue weighted by atomic mass is 10.1. The number of unbranched alkanes of at least 4 members (excludes halogenated alkanes) is 8. The maximum atomic E-state index is 2.28. The van der Waals surface area contributed by atoms with Crippen molar-refractivity contribution in [2.45, 2.75) is 139 Å². The third-order valence-electron chi connectivity index (χ3n) is 5.37. The minimum Gasteiger partial charge on any atom is -0.145 e. The summed E-state index contributed by atoms with van der Waals surface area (Å²) in [5, 5.41) is 0. The van der Waals surface area contributed by atoms with Crippen LogP contribution < -0.4 is 0 Å². The van der Waals surface area contributed by atoms with E-state index in [1.165, 1.54) is 90.1 Å². The molecule has 0 aliphatic heterocycles. The molecule has 33 heavy (non-hydrogen) atoms. The van der Waals surface area contributed by atoms with Crippen LogP contribution in [0.15, 0.2) is 30.3 Å². The van der Waals surface area contributed by atoms with Crippen molar-refractivity contribution in [3.63, 3.8) is 0 Å². The zero-order valence-corrected chi connectivity index (χ0v) is 25.3. The highest BCUT2D eigenvalue weighted by atomic mass is 32.1. The van der Waals surface area contributed by atoms with E-state index in [0.717, 1.165) is 5.92 Å². The van der Waals surface area contributed by atoms with E-state index in [0.29, 0.717) is 0 Å². The van der Waals surface area contributed by atoms with Gasteiger partial charge in [-0.3, -0.25) is 0 Å². The quantitative estimate of drug-likeness (QED) is 0.273. The van der Waals surface area contributed by atoms with E-state index in [1.807, 2.05) is 29.6 Å². The molecule has 0 aromatic carbocycles. The van der Waals surface area contributed by atoms with Crippen LogP contribution in [0, 0.1) is 13.8 Å². The van der Waals surface area contributed by atoms with Gasteiger partial charge in [0.25, 0.3) is 0 Å². The molecule has 0 nitrogen and oxygen atoms in total. The summed E-state index contributed by atoms with van der Waals surface area (Å²) in [6.45, 7) is 19.8. The molecular formula is C31H56S2. The van der Waals surface area contributed by atoms with Gasteiger partial charge < -0.3 is 0 Å². The first-order valence-corrected chi connectivity index (χ1v) is 15.3. The van der Waals surface area contributed by atoms with Gasteiger partial charge in [-0.15, -0.1) is 22.7 Å². The van der Waals surface area contributed by atoms with E-state index in [1.54, 1.807) is 0 Å². The minimum absolute atomic E-state index is 0.749. The lowest BCUT2D eigenvalue weighted by Crippen LogP contribution is -1.84. The fourth-order valence-corrected chi connectivity index (χ4v) is 4.84. The number of aryl methyl sites for hydroxylation is 2. The summed E-state index contributed by atoms with van der Waals surface area (Å²) in [4.78, 5) is 5.67. The molecule has 0 fully saturated rings. The maximum absolute atomic E-state index is 2.28. The van der Waals surface area contributed by atoms with Crippen molar-refractivity contribution >= 4 is 28.7 Å². The molecule has 0 bridgehead atoms. The monoisotopic (exact) mass is 492 g/mol. The van der Waals surface area contributed by atoms with E-state index in [9.17, 15) is 0 Å². The second kappa shape index (κ2) is 25.8. The summed E-state index contributed by atoms with van der Waals surface area (Å²) in [6, 6.07) is 8.72. The van der Waals surface area contributed by atoms with E-state index < -0.39 is 0 Å². The van der Waals surface area contributed by atoms with Crippen LogP contribution in [0.3, 0.4) is 0 Å². The van der Waals surface area contributed by atoms with Crippen molar-refractivity contribution in [2.75, 3.05) is 0 Å². The van der Waals surface area contributed by atoms with Gasteiger partial charge in [0.1, 0.15) is 0 Å². The molecule has 0 amide bonds. The Labute approximate surface area is 216 Å². The number of hydrogen-bond donors (Lipinski definition) is 0. The normalized spacial score (nSPS) is 11.1. The standard InChI is InChI=1S/C9H14S.C8H10S.2C7H16/c1-4-7(2)9-6-5-8(3)10-9;1-3-4-8-6-5-7(2)9-8;2*1-3-5-7-6-4-2/h5-7H,4H2,1-3H3;3-6H,1-2H3;2*3-7H2,1-2H3/b;4-3+;;. The van der Waals surface area contributed by atoms with Crippen molar-refractivity contribution in [1.29, 1.82) is 0 Å². The smallest absolute Gasteiger partial charge is 0.0269 e. The molecule has 0 saturated heterocycles. The number of rotatable bonds is 11. The Kier molecular flexibility index (Phi) is 26.8. The van der Waals surface area contributed by atoms with Gasteiger partial charge in [-0.2, -0.15) is 0 Å². The molecule has 2 aromatic heterocycles. The summed E-state index contributed by atoms with van der Waals surface area (Å²) < 4.78 is 0. The number of thiophene rings is 2. The number of hydrogen-bond acceptors (Lipinski definition) is 2. The molecule has 0 N–H and O–H groups in total. The van der Waals surface area contributed by atoms with Crippen molar-refractivity contribution in [2.24, 2.45) is 0 Å². The summed E-state index contributed by atoms with van der Waals surface area (Å²) in [5.74, 6) is 0.749. The molecule has 0 aliphatic carbocycles. The Morgan fingerprint density at radius 1 is 0.667 bits per heavy atom. The van der Waals surface area contributed by atoms with Gasteiger partial charge in [-0.05, 0) is 63.5 Å². The predicted octanol–water partition coefficient (Wildman–Crippen LogP) is 12.6. The second-order valence-electron chi connectivity index (χ2n) is 8.83. The molecule has 2 aromatic rings. The van der Waals surface area contributed by atoms with Crippen LogP contribution in [0.2, 0.25) is 0 Å². The van der Waals surface area contributed by atoms with Crippen LogP contribution >= 0.6 is 22.7 Å². The molecule has 0 spiro atoms. The number of allylic oxidation sites excluding steroid dienone is 1. The molecule has 0 saturated carbocycles. The van der Waals surface area contributed by atoms with Crippen LogP contribution in [0.4, 0.5) is 0 Å². The maximum Gasteiger partial charge on any atom is 0.0269 e. The Bertz CT molecular complexity index is 629. The highest BCUT2D eigenvalue weighted by Crippen LogP contribution is 2.25. The van der Waals surface area contributed by atoms with E-state index >= 15 is 0 Å². The first-order valence-electron chi connectivity index (χ1n) is 13.6. The van der Waals surface area contributed by atoms with E-state index in [4.69, 9.17) is 0 Å². The fraction of sp³-hybridized carbons (Fsp3) is 0.677. The topological polar surface area (TPSA) is 0 Å². The van der Waals surface area contributed by atoms with Gasteiger partial charge in [0.15, 0.2) is 0 Å². The Morgan fingerprint density at radius 2 is 1.12 bits per heavy atom. The SMILES string of the molecule is C/C=C/c1ccc(C)s1.CCC(C)c1ccc(C)s1.CCCCCCC.CCCCCCC. The molecule has 0 radical (unpaired) electrons. The fourth-order valence-electron chi connectivity index (χ4n) is 2.98. The zero-order chi connectivity index (χ0) is 25.3. The summed E-state index contributed by atoms with van der Waals surface area (Å²) in [5.41, 5.74) is 0. The summed E-state index contributed by atoms with van der Waals surface area (Å²) >= 11 is 3.75. The van der Waals surface area contributed by atoms with Gasteiger partial charge >= 0.3 is 0 Å². The van der Waals surface area contributed by atoms with Gasteiger partial charge in [0.05, 0.1) is 0 Å². The largest absolute Gasteiger partial charge is 0.145 e. The molecular weight excluding hydrogens is 436 g/mol. The first kappa shape index (κ1) is 34.3. The lowest BCUT2D eigenvalue weighted by molar-refractivity contribution is 0.656. The molecule has 2 heterocycles. The van der Waals surface area contributed by atoms with E-state index in [-0.39, 0.29) is 0 Å². The van der Waals surface area contributed by atoms with Crippen molar-refractivity contribution in [3.05, 3.63) is 49.9 Å². The highest BCUT2D eigenvalue weighted by molar-refractivity contribution is 7.12. The Balaban J connectivity index is 0. The molecule has 1 atom stereocenters. The zero-order valence-electron chi connectivity index (χ0n) is 23.6. The lowest BCUT2D eigenvalue weighted by Gasteiger charge is -2.02. The highest BCUT2D eigenvalue weighted by Gasteiger charge is 2.03. The third-order valence-corrected chi connectivity index (χ3v) is 7.56. The molecule has 192 valence electrons. The van der Waals surface area contributed by atoms with Crippen LogP contribution in [-0.2, 0) is 0 Å². The molecule has 2 heteroatoms. The molecule has 2 rings (SSSR count). The molecule has 0 aliphatic rings. The minimum atomic E-state index is 0.749. The second-order valence-corrected chi connectivity index (χ2v) is 11.5. The molecule has 1 unspecified atom stereocenters. The van der Waals surface area contributed by atoms with Crippen LogP contribution in [-0.4, -0.2) is 0 Å². The van der Waals surface area contributed by atoms with Crippen LogP contribution in [0.1, 0.15) is 145 Å². The van der Waals surface area contributed by atoms with Gasteiger partial charge in [0, 0.05) is 19.5 Å². The van der Waals surface area contributed by atoms with E-state index in [2.05, 4.69) is 91.8 Å². The average molecular weight is 493 g/mol. The van der Waals surface area contributed by atoms with Crippen LogP contribution in [0.25, 0.3) is 6.08 Å². The summed E-state index contributed by atoms with van der Waals surface area (Å²) in [6.07, 6.45) is 19.5. The average Bonchev–Trinajstić information content (AvgIpc) is 3.43. The third kappa shape index (κ3) is 22.7. The van der Waals surface area contributed by atoms with Crippen LogP contribution in [0.5, 0.6) is 0 Å². The summed E-state index contributed by atoms with van der Waals surface area (Å²) in [7, 11) is 0. The van der Waals surface area contributed by atoms with Gasteiger partial charge in [0.2, 0.25) is 0 Å². The predicted molar refractivity (Wildman–Crippen MR) is 160 cm³/mol. The van der Waals surface area contributed by atoms with Crippen molar-refractivity contribution in [3.8, 4) is 0 Å². The first-order chi connectivity index (χ1) is 15.9. The van der Waals surface area contributed by atoms with Crippen molar-refractivity contribution < 1.29 is 0 Å². The van der Waals surface area contributed by atoms with Crippen molar-refractivity contribution in [1.82, 2.24) is 0 Å². The van der Waals surface area contributed by atoms with Gasteiger partial charge in [-0.25, -0.2) is 0 Å². The Morgan fingerprint density at radius 3 is 1.42 bits per heavy atom. The van der Waals surface area contributed by atoms with Gasteiger partial charge in [-0.1, -0.05) is 112 Å². The Hall–Kier alpha value is -0.860.